The molecule has 0 bridgehead atoms. The summed E-state index contributed by atoms with van der Waals surface area (Å²) in [6, 6.07) is 27.3. The van der Waals surface area contributed by atoms with Gasteiger partial charge in [0.15, 0.2) is 6.54 Å². The molecule has 1 N–H and O–H groups in total. The van der Waals surface area contributed by atoms with E-state index in [2.05, 4.69) is 71.6 Å². The van der Waals surface area contributed by atoms with E-state index in [1.165, 1.54) is 21.7 Å². The average molecular weight is 399 g/mol. The standard InChI is InChI=1S/C26H27N3O/c30-26(20-27-16-18-28(19-17-27)23-10-2-1-3-11-23)29-24-12-6-4-8-21(24)14-15-22-9-5-7-13-25(22)29/h1-13H,14-20H2/p+1. The molecule has 0 aliphatic carbocycles. The highest BCUT2D eigenvalue weighted by Crippen LogP contribution is 2.35. The van der Waals surface area contributed by atoms with Gasteiger partial charge >= 0.3 is 0 Å². The molecule has 3 aromatic rings. The van der Waals surface area contributed by atoms with E-state index in [4.69, 9.17) is 0 Å². The van der Waals surface area contributed by atoms with E-state index in [1.54, 1.807) is 0 Å². The lowest BCUT2D eigenvalue weighted by Gasteiger charge is -2.34. The summed E-state index contributed by atoms with van der Waals surface area (Å²) >= 11 is 0. The van der Waals surface area contributed by atoms with Crippen molar-refractivity contribution < 1.29 is 9.69 Å². The number of quaternary nitrogens is 1. The first-order valence-corrected chi connectivity index (χ1v) is 10.9. The number of amides is 1. The fourth-order valence-electron chi connectivity index (χ4n) is 4.74. The maximum Gasteiger partial charge on any atom is 0.286 e. The third-order valence-corrected chi connectivity index (χ3v) is 6.37. The Labute approximate surface area is 178 Å². The highest BCUT2D eigenvalue weighted by molar-refractivity contribution is 6.02. The van der Waals surface area contributed by atoms with E-state index in [0.717, 1.165) is 50.4 Å². The number of nitrogens with zero attached hydrogens (tertiary/aromatic N) is 2. The van der Waals surface area contributed by atoms with Crippen LogP contribution in [0.25, 0.3) is 0 Å². The Balaban J connectivity index is 1.34. The van der Waals surface area contributed by atoms with Crippen molar-refractivity contribution in [3.8, 4) is 0 Å². The number of rotatable bonds is 3. The zero-order valence-corrected chi connectivity index (χ0v) is 17.3. The minimum atomic E-state index is 0.194. The van der Waals surface area contributed by atoms with E-state index < -0.39 is 0 Å². The fourth-order valence-corrected chi connectivity index (χ4v) is 4.74. The molecular weight excluding hydrogens is 370 g/mol. The van der Waals surface area contributed by atoms with Gasteiger partial charge in [0.1, 0.15) is 0 Å². The van der Waals surface area contributed by atoms with E-state index >= 15 is 0 Å². The average Bonchev–Trinajstić information content (AvgIpc) is 2.97. The van der Waals surface area contributed by atoms with Crippen molar-refractivity contribution in [2.24, 2.45) is 0 Å². The largest absolute Gasteiger partial charge is 0.360 e. The number of anilines is 3. The minimum Gasteiger partial charge on any atom is -0.360 e. The smallest absolute Gasteiger partial charge is 0.286 e. The molecule has 2 heterocycles. The molecule has 1 saturated heterocycles. The SMILES string of the molecule is O=C(C[NH+]1CCN(c2ccccc2)CC1)N1c2ccccc2CCc2ccccc21. The van der Waals surface area contributed by atoms with Crippen molar-refractivity contribution in [2.45, 2.75) is 12.8 Å². The number of para-hydroxylation sites is 3. The molecule has 4 heteroatoms. The molecule has 5 rings (SSSR count). The molecular formula is C26H28N3O+. The van der Waals surface area contributed by atoms with Gasteiger partial charge in [-0.3, -0.25) is 9.69 Å². The second-order valence-electron chi connectivity index (χ2n) is 8.24. The Morgan fingerprint density at radius 1 is 0.733 bits per heavy atom. The number of fused-ring (bicyclic) bond motifs is 2. The van der Waals surface area contributed by atoms with Crippen molar-refractivity contribution in [3.63, 3.8) is 0 Å². The molecule has 0 atom stereocenters. The Morgan fingerprint density at radius 2 is 1.27 bits per heavy atom. The van der Waals surface area contributed by atoms with Crippen LogP contribution in [0, 0.1) is 0 Å². The van der Waals surface area contributed by atoms with Gasteiger partial charge < -0.3 is 9.80 Å². The molecule has 2 aliphatic heterocycles. The molecule has 0 aromatic heterocycles. The predicted octanol–water partition coefficient (Wildman–Crippen LogP) is 2.86. The lowest BCUT2D eigenvalue weighted by molar-refractivity contribution is -0.892. The summed E-state index contributed by atoms with van der Waals surface area (Å²) in [4.78, 5) is 19.4. The van der Waals surface area contributed by atoms with Gasteiger partial charge in [-0.15, -0.1) is 0 Å². The van der Waals surface area contributed by atoms with Crippen LogP contribution < -0.4 is 14.7 Å². The number of carbonyl (C=O) groups is 1. The molecule has 0 unspecified atom stereocenters. The van der Waals surface area contributed by atoms with Crippen LogP contribution in [0.3, 0.4) is 0 Å². The van der Waals surface area contributed by atoms with Crippen molar-refractivity contribution >= 4 is 23.0 Å². The second-order valence-corrected chi connectivity index (χ2v) is 8.24. The molecule has 0 spiro atoms. The Morgan fingerprint density at radius 3 is 1.87 bits per heavy atom. The van der Waals surface area contributed by atoms with Gasteiger partial charge in [0, 0.05) is 5.69 Å². The second kappa shape index (κ2) is 8.33. The lowest BCUT2D eigenvalue weighted by atomic mass is 10.0. The van der Waals surface area contributed by atoms with Crippen LogP contribution in [-0.2, 0) is 17.6 Å². The molecule has 1 fully saturated rings. The molecule has 30 heavy (non-hydrogen) atoms. The summed E-state index contributed by atoms with van der Waals surface area (Å²) in [6.45, 7) is 4.47. The zero-order valence-electron chi connectivity index (χ0n) is 17.3. The van der Waals surface area contributed by atoms with Crippen LogP contribution in [0.15, 0.2) is 78.9 Å². The summed E-state index contributed by atoms with van der Waals surface area (Å²) in [5.74, 6) is 0.194. The maximum atomic E-state index is 13.6. The molecule has 4 nitrogen and oxygen atoms in total. The third kappa shape index (κ3) is 3.71. The molecule has 3 aromatic carbocycles. The molecule has 2 aliphatic rings. The number of hydrogen-bond donors (Lipinski definition) is 1. The van der Waals surface area contributed by atoms with Crippen LogP contribution in [0.5, 0.6) is 0 Å². The number of piperazine rings is 1. The molecule has 0 saturated carbocycles. The summed E-state index contributed by atoms with van der Waals surface area (Å²) < 4.78 is 0. The van der Waals surface area contributed by atoms with Crippen molar-refractivity contribution in [2.75, 3.05) is 42.5 Å². The highest BCUT2D eigenvalue weighted by atomic mass is 16.2. The number of aryl methyl sites for hydroxylation is 2. The summed E-state index contributed by atoms with van der Waals surface area (Å²) in [5.41, 5.74) is 5.89. The number of hydrogen-bond acceptors (Lipinski definition) is 2. The quantitative estimate of drug-likeness (QED) is 0.735. The van der Waals surface area contributed by atoms with Gasteiger partial charge in [0.2, 0.25) is 0 Å². The van der Waals surface area contributed by atoms with Gasteiger partial charge in [-0.2, -0.15) is 0 Å². The third-order valence-electron chi connectivity index (χ3n) is 6.37. The van der Waals surface area contributed by atoms with Crippen LogP contribution in [-0.4, -0.2) is 38.6 Å². The Kier molecular flexibility index (Phi) is 5.24. The summed E-state index contributed by atoms with van der Waals surface area (Å²) in [5, 5.41) is 0. The van der Waals surface area contributed by atoms with Crippen LogP contribution in [0.2, 0.25) is 0 Å². The van der Waals surface area contributed by atoms with E-state index in [-0.39, 0.29) is 5.91 Å². The van der Waals surface area contributed by atoms with E-state index in [0.29, 0.717) is 6.54 Å². The number of benzene rings is 3. The number of carbonyl (C=O) groups excluding carboxylic acids is 1. The first kappa shape index (κ1) is 18.9. The van der Waals surface area contributed by atoms with E-state index in [1.807, 2.05) is 17.0 Å². The molecule has 0 radical (unpaired) electrons. The van der Waals surface area contributed by atoms with E-state index in [9.17, 15) is 4.79 Å². The zero-order chi connectivity index (χ0) is 20.3. The molecule has 152 valence electrons. The van der Waals surface area contributed by atoms with Crippen molar-refractivity contribution in [3.05, 3.63) is 90.0 Å². The Bertz CT molecular complexity index is 978. The van der Waals surface area contributed by atoms with Crippen LogP contribution in [0.4, 0.5) is 17.1 Å². The topological polar surface area (TPSA) is 28.0 Å². The van der Waals surface area contributed by atoms with Crippen LogP contribution in [0.1, 0.15) is 11.1 Å². The Hall–Kier alpha value is -3.11. The lowest BCUT2D eigenvalue weighted by Crippen LogP contribution is -3.15. The highest BCUT2D eigenvalue weighted by Gasteiger charge is 2.29. The van der Waals surface area contributed by atoms with Crippen molar-refractivity contribution in [1.82, 2.24) is 0 Å². The molecule has 1 amide bonds. The van der Waals surface area contributed by atoms with Gasteiger partial charge in [0.05, 0.1) is 37.6 Å². The number of nitrogens with one attached hydrogen (secondary N) is 1. The van der Waals surface area contributed by atoms with Gasteiger partial charge in [-0.1, -0.05) is 54.6 Å². The first-order valence-electron chi connectivity index (χ1n) is 10.9. The summed E-state index contributed by atoms with van der Waals surface area (Å²) in [7, 11) is 0. The minimum absolute atomic E-state index is 0.194. The monoisotopic (exact) mass is 398 g/mol. The van der Waals surface area contributed by atoms with Gasteiger partial charge in [-0.25, -0.2) is 0 Å². The van der Waals surface area contributed by atoms with Gasteiger partial charge in [-0.05, 0) is 48.2 Å². The van der Waals surface area contributed by atoms with Gasteiger partial charge in [0.25, 0.3) is 5.91 Å². The maximum absolute atomic E-state index is 13.6. The fraction of sp³-hybridized carbons (Fsp3) is 0.269. The first-order chi connectivity index (χ1) is 14.8. The summed E-state index contributed by atoms with van der Waals surface area (Å²) in [6.07, 6.45) is 1.94. The van der Waals surface area contributed by atoms with Crippen LogP contribution >= 0.6 is 0 Å². The predicted molar refractivity (Wildman–Crippen MR) is 122 cm³/mol. The normalized spacial score (nSPS) is 16.5. The van der Waals surface area contributed by atoms with Crippen molar-refractivity contribution in [1.29, 1.82) is 0 Å².